The highest BCUT2D eigenvalue weighted by molar-refractivity contribution is 9.10. The smallest absolute Gasteiger partial charge is 0.176 e. The van der Waals surface area contributed by atoms with E-state index in [1.54, 1.807) is 7.11 Å². The fourth-order valence-corrected chi connectivity index (χ4v) is 2.46. The molecule has 0 aliphatic carbocycles. The first kappa shape index (κ1) is 14.6. The highest BCUT2D eigenvalue weighted by Gasteiger charge is 2.13. The Hall–Kier alpha value is -1.81. The number of benzene rings is 2. The number of halogens is 1. The van der Waals surface area contributed by atoms with Gasteiger partial charge in [-0.05, 0) is 33.1 Å². The molecule has 0 saturated heterocycles. The highest BCUT2D eigenvalue weighted by Crippen LogP contribution is 2.38. The third kappa shape index (κ3) is 3.39. The lowest BCUT2D eigenvalue weighted by Crippen LogP contribution is -2.00. The zero-order chi connectivity index (χ0) is 14.4. The molecular formula is C16H15BrO3. The minimum absolute atomic E-state index is 0.340. The maximum absolute atomic E-state index is 10.7. The Morgan fingerprint density at radius 1 is 1.15 bits per heavy atom. The summed E-state index contributed by atoms with van der Waals surface area (Å²) in [4.78, 5) is 10.7. The molecule has 20 heavy (non-hydrogen) atoms. The second kappa shape index (κ2) is 7.10. The molecule has 0 unspecified atom stereocenters. The Morgan fingerprint density at radius 3 is 2.55 bits per heavy atom. The van der Waals surface area contributed by atoms with Crippen molar-refractivity contribution in [2.24, 2.45) is 0 Å². The van der Waals surface area contributed by atoms with Crippen LogP contribution in [0.5, 0.6) is 11.5 Å². The Bertz CT molecular complexity index is 582. The van der Waals surface area contributed by atoms with Crippen LogP contribution in [0, 0.1) is 0 Å². The predicted octanol–water partition coefficient (Wildman–Crippen LogP) is 3.78. The zero-order valence-electron chi connectivity index (χ0n) is 11.1. The van der Waals surface area contributed by atoms with Gasteiger partial charge in [-0.2, -0.15) is 0 Å². The summed E-state index contributed by atoms with van der Waals surface area (Å²) in [5.41, 5.74) is 1.95. The van der Waals surface area contributed by atoms with Gasteiger partial charge in [0, 0.05) is 6.42 Å². The summed E-state index contributed by atoms with van der Waals surface area (Å²) in [5, 5.41) is 0. The topological polar surface area (TPSA) is 35.5 Å². The Balaban J connectivity index is 2.24. The minimum Gasteiger partial charge on any atom is -0.493 e. The molecule has 3 nitrogen and oxygen atoms in total. The third-order valence-corrected chi connectivity index (χ3v) is 3.76. The van der Waals surface area contributed by atoms with E-state index in [1.165, 1.54) is 0 Å². The van der Waals surface area contributed by atoms with Crippen LogP contribution in [0.2, 0.25) is 0 Å². The van der Waals surface area contributed by atoms with Gasteiger partial charge in [-0.25, -0.2) is 0 Å². The number of aldehydes is 1. The van der Waals surface area contributed by atoms with Crippen molar-refractivity contribution >= 4 is 22.2 Å². The van der Waals surface area contributed by atoms with Crippen LogP contribution >= 0.6 is 15.9 Å². The molecule has 2 aromatic rings. The molecule has 0 N–H and O–H groups in total. The number of rotatable bonds is 6. The van der Waals surface area contributed by atoms with E-state index in [4.69, 9.17) is 9.47 Å². The van der Waals surface area contributed by atoms with E-state index in [1.807, 2.05) is 42.5 Å². The second-order valence-electron chi connectivity index (χ2n) is 4.22. The van der Waals surface area contributed by atoms with Gasteiger partial charge < -0.3 is 14.3 Å². The molecule has 0 aliphatic heterocycles. The van der Waals surface area contributed by atoms with E-state index >= 15 is 0 Å². The first-order chi connectivity index (χ1) is 9.76. The average Bonchev–Trinajstić information content (AvgIpc) is 2.49. The molecule has 0 heterocycles. The average molecular weight is 335 g/mol. The molecular weight excluding hydrogens is 320 g/mol. The van der Waals surface area contributed by atoms with E-state index in [0.717, 1.165) is 21.9 Å². The molecule has 104 valence electrons. The molecule has 0 spiro atoms. The van der Waals surface area contributed by atoms with Crippen molar-refractivity contribution in [2.45, 2.75) is 13.0 Å². The monoisotopic (exact) mass is 334 g/mol. The fourth-order valence-electron chi connectivity index (χ4n) is 1.85. The van der Waals surface area contributed by atoms with Gasteiger partial charge in [0.2, 0.25) is 0 Å². The van der Waals surface area contributed by atoms with Crippen molar-refractivity contribution in [3.63, 3.8) is 0 Å². The summed E-state index contributed by atoms with van der Waals surface area (Å²) in [7, 11) is 1.59. The van der Waals surface area contributed by atoms with Gasteiger partial charge in [0.05, 0.1) is 11.6 Å². The molecule has 0 bridgehead atoms. The Morgan fingerprint density at radius 2 is 1.90 bits per heavy atom. The molecule has 0 fully saturated rings. The molecule has 0 aliphatic rings. The van der Waals surface area contributed by atoms with Gasteiger partial charge in [-0.1, -0.05) is 36.4 Å². The summed E-state index contributed by atoms with van der Waals surface area (Å²) in [6.45, 7) is 0.445. The molecule has 2 rings (SSSR count). The van der Waals surface area contributed by atoms with E-state index < -0.39 is 0 Å². The largest absolute Gasteiger partial charge is 0.493 e. The Kier molecular flexibility index (Phi) is 5.18. The lowest BCUT2D eigenvalue weighted by molar-refractivity contribution is -0.107. The van der Waals surface area contributed by atoms with Crippen LogP contribution in [-0.4, -0.2) is 13.4 Å². The SMILES string of the molecule is COc1ccc(CC=O)c(Br)c1OCc1ccccc1. The predicted molar refractivity (Wildman–Crippen MR) is 81.2 cm³/mol. The normalized spacial score (nSPS) is 10.1. The lowest BCUT2D eigenvalue weighted by Gasteiger charge is -2.14. The molecule has 0 aromatic heterocycles. The fraction of sp³-hybridized carbons (Fsp3) is 0.188. The molecule has 2 aromatic carbocycles. The number of carbonyl (C=O) groups is 1. The van der Waals surface area contributed by atoms with Crippen LogP contribution in [-0.2, 0) is 17.8 Å². The summed E-state index contributed by atoms with van der Waals surface area (Å²) in [6.07, 6.45) is 1.21. The molecule has 0 saturated carbocycles. The van der Waals surface area contributed by atoms with Crippen LogP contribution in [0.4, 0.5) is 0 Å². The standard InChI is InChI=1S/C16H15BrO3/c1-19-14-8-7-13(9-10-18)15(17)16(14)20-11-12-5-3-2-4-6-12/h2-8,10H,9,11H2,1H3. The summed E-state index contributed by atoms with van der Waals surface area (Å²) < 4.78 is 11.9. The van der Waals surface area contributed by atoms with Gasteiger partial charge in [0.15, 0.2) is 11.5 Å². The van der Waals surface area contributed by atoms with E-state index in [2.05, 4.69) is 15.9 Å². The van der Waals surface area contributed by atoms with Gasteiger partial charge in [0.1, 0.15) is 12.9 Å². The van der Waals surface area contributed by atoms with Crippen LogP contribution in [0.3, 0.4) is 0 Å². The van der Waals surface area contributed by atoms with E-state index in [0.29, 0.717) is 24.5 Å². The first-order valence-corrected chi connectivity index (χ1v) is 7.01. The summed E-state index contributed by atoms with van der Waals surface area (Å²) in [6, 6.07) is 13.5. The Labute approximate surface area is 126 Å². The lowest BCUT2D eigenvalue weighted by atomic mass is 10.1. The summed E-state index contributed by atoms with van der Waals surface area (Å²) >= 11 is 3.48. The van der Waals surface area contributed by atoms with Crippen molar-refractivity contribution in [3.05, 3.63) is 58.1 Å². The van der Waals surface area contributed by atoms with E-state index in [-0.39, 0.29) is 0 Å². The van der Waals surface area contributed by atoms with Crippen molar-refractivity contribution in [3.8, 4) is 11.5 Å². The molecule has 0 atom stereocenters. The van der Waals surface area contributed by atoms with Crippen LogP contribution in [0.15, 0.2) is 46.9 Å². The van der Waals surface area contributed by atoms with Crippen molar-refractivity contribution in [2.75, 3.05) is 7.11 Å². The van der Waals surface area contributed by atoms with Crippen molar-refractivity contribution in [1.29, 1.82) is 0 Å². The van der Waals surface area contributed by atoms with Crippen molar-refractivity contribution in [1.82, 2.24) is 0 Å². The van der Waals surface area contributed by atoms with Gasteiger partial charge in [-0.15, -0.1) is 0 Å². The van der Waals surface area contributed by atoms with E-state index in [9.17, 15) is 4.79 Å². The van der Waals surface area contributed by atoms with Crippen molar-refractivity contribution < 1.29 is 14.3 Å². The number of hydrogen-bond donors (Lipinski definition) is 0. The van der Waals surface area contributed by atoms with Gasteiger partial charge in [0.25, 0.3) is 0 Å². The van der Waals surface area contributed by atoms with Crippen LogP contribution < -0.4 is 9.47 Å². The van der Waals surface area contributed by atoms with Crippen LogP contribution in [0.1, 0.15) is 11.1 Å². The molecule has 0 amide bonds. The second-order valence-corrected chi connectivity index (χ2v) is 5.01. The quantitative estimate of drug-likeness (QED) is 0.754. The van der Waals surface area contributed by atoms with Gasteiger partial charge in [-0.3, -0.25) is 0 Å². The first-order valence-electron chi connectivity index (χ1n) is 6.22. The zero-order valence-corrected chi connectivity index (χ0v) is 12.7. The number of hydrogen-bond acceptors (Lipinski definition) is 3. The maximum Gasteiger partial charge on any atom is 0.176 e. The van der Waals surface area contributed by atoms with Gasteiger partial charge >= 0.3 is 0 Å². The number of ether oxygens (including phenoxy) is 2. The third-order valence-electron chi connectivity index (χ3n) is 2.89. The minimum atomic E-state index is 0.340. The maximum atomic E-state index is 10.7. The van der Waals surface area contributed by atoms with Crippen LogP contribution in [0.25, 0.3) is 0 Å². The molecule has 4 heteroatoms. The molecule has 0 radical (unpaired) electrons. The number of methoxy groups -OCH3 is 1. The number of carbonyl (C=O) groups excluding carboxylic acids is 1. The summed E-state index contributed by atoms with van der Waals surface area (Å²) in [5.74, 6) is 1.26. The highest BCUT2D eigenvalue weighted by atomic mass is 79.9.